The molecular formula is C20H30O4. The van der Waals surface area contributed by atoms with Crippen LogP contribution in [-0.2, 0) is 9.53 Å². The molecule has 0 saturated heterocycles. The Morgan fingerprint density at radius 2 is 1.58 bits per heavy atom. The summed E-state index contributed by atoms with van der Waals surface area (Å²) in [6, 6.07) is 4.38. The van der Waals surface area contributed by atoms with E-state index in [0.717, 1.165) is 12.8 Å². The van der Waals surface area contributed by atoms with E-state index in [9.17, 15) is 15.0 Å². The van der Waals surface area contributed by atoms with Crippen molar-refractivity contribution >= 4 is 12.0 Å². The first-order valence-corrected chi connectivity index (χ1v) is 9.00. The summed E-state index contributed by atoms with van der Waals surface area (Å²) in [7, 11) is 0. The van der Waals surface area contributed by atoms with Crippen molar-refractivity contribution in [1.29, 1.82) is 0 Å². The predicted octanol–water partition coefficient (Wildman–Crippen LogP) is 5.19. The van der Waals surface area contributed by atoms with Gasteiger partial charge in [0.15, 0.2) is 11.5 Å². The summed E-state index contributed by atoms with van der Waals surface area (Å²) in [6.07, 6.45) is 14.0. The molecule has 2 N–H and O–H groups in total. The van der Waals surface area contributed by atoms with Gasteiger partial charge in [-0.25, -0.2) is 4.79 Å². The second-order valence-corrected chi connectivity index (χ2v) is 6.08. The fourth-order valence-electron chi connectivity index (χ4n) is 2.44. The highest BCUT2D eigenvalue weighted by Crippen LogP contribution is 2.25. The first kappa shape index (κ1) is 20.1. The average Bonchev–Trinajstić information content (AvgIpc) is 2.57. The SMILES string of the molecule is CCCCCCCCCCCOC(=O)C=Cc1ccc(O)c(O)c1. The van der Waals surface area contributed by atoms with Gasteiger partial charge in [0, 0.05) is 6.08 Å². The maximum atomic E-state index is 11.6. The van der Waals surface area contributed by atoms with Gasteiger partial charge in [0.2, 0.25) is 0 Å². The first-order valence-electron chi connectivity index (χ1n) is 9.00. The Bertz CT molecular complexity index is 508. The second kappa shape index (κ2) is 12.5. The van der Waals surface area contributed by atoms with Gasteiger partial charge < -0.3 is 14.9 Å². The lowest BCUT2D eigenvalue weighted by Crippen LogP contribution is -2.02. The summed E-state index contributed by atoms with van der Waals surface area (Å²) in [5.41, 5.74) is 0.630. The third kappa shape index (κ3) is 9.23. The number of carbonyl (C=O) groups is 1. The van der Waals surface area contributed by atoms with Gasteiger partial charge in [0.25, 0.3) is 0 Å². The maximum Gasteiger partial charge on any atom is 0.330 e. The number of hydrogen-bond donors (Lipinski definition) is 2. The number of hydrogen-bond acceptors (Lipinski definition) is 4. The van der Waals surface area contributed by atoms with Crippen LogP contribution in [0.1, 0.15) is 70.3 Å². The van der Waals surface area contributed by atoms with Crippen molar-refractivity contribution in [3.8, 4) is 11.5 Å². The monoisotopic (exact) mass is 334 g/mol. The van der Waals surface area contributed by atoms with Crippen LogP contribution in [0, 0.1) is 0 Å². The Balaban J connectivity index is 2.05. The van der Waals surface area contributed by atoms with Crippen LogP contribution in [0.15, 0.2) is 24.3 Å². The quantitative estimate of drug-likeness (QED) is 0.239. The minimum absolute atomic E-state index is 0.180. The standard InChI is InChI=1S/C20H30O4/c1-2-3-4-5-6-7-8-9-10-15-24-20(23)14-12-17-11-13-18(21)19(22)16-17/h11-14,16,21-22H,2-10,15H2,1H3. The van der Waals surface area contributed by atoms with Crippen LogP contribution in [-0.4, -0.2) is 22.8 Å². The zero-order valence-corrected chi connectivity index (χ0v) is 14.7. The van der Waals surface area contributed by atoms with Crippen molar-refractivity contribution in [3.63, 3.8) is 0 Å². The molecule has 0 saturated carbocycles. The average molecular weight is 334 g/mol. The molecule has 0 unspecified atom stereocenters. The van der Waals surface area contributed by atoms with Gasteiger partial charge >= 0.3 is 5.97 Å². The molecule has 0 aliphatic rings. The number of ether oxygens (including phenoxy) is 1. The topological polar surface area (TPSA) is 66.8 Å². The fraction of sp³-hybridized carbons (Fsp3) is 0.550. The van der Waals surface area contributed by atoms with Crippen molar-refractivity contribution in [2.24, 2.45) is 0 Å². The number of aromatic hydroxyl groups is 2. The first-order chi connectivity index (χ1) is 11.6. The van der Waals surface area contributed by atoms with Crippen LogP contribution < -0.4 is 0 Å². The minimum Gasteiger partial charge on any atom is -0.504 e. The van der Waals surface area contributed by atoms with Gasteiger partial charge in [0.1, 0.15) is 0 Å². The molecule has 0 bridgehead atoms. The van der Waals surface area contributed by atoms with E-state index >= 15 is 0 Å². The number of unbranched alkanes of at least 4 members (excludes halogenated alkanes) is 8. The predicted molar refractivity (Wildman–Crippen MR) is 97.0 cm³/mol. The van der Waals surface area contributed by atoms with Crippen molar-refractivity contribution in [2.75, 3.05) is 6.61 Å². The lowest BCUT2D eigenvalue weighted by molar-refractivity contribution is -0.137. The summed E-state index contributed by atoms with van der Waals surface area (Å²) in [6.45, 7) is 2.67. The molecule has 0 aromatic heterocycles. The Hall–Kier alpha value is -1.97. The van der Waals surface area contributed by atoms with Crippen molar-refractivity contribution in [1.82, 2.24) is 0 Å². The maximum absolute atomic E-state index is 11.6. The summed E-state index contributed by atoms with van der Waals surface area (Å²) in [5, 5.41) is 18.6. The third-order valence-corrected chi connectivity index (χ3v) is 3.90. The van der Waals surface area contributed by atoms with E-state index in [1.807, 2.05) is 0 Å². The Kier molecular flexibility index (Phi) is 10.4. The molecular weight excluding hydrogens is 304 g/mol. The summed E-state index contributed by atoms with van der Waals surface area (Å²) >= 11 is 0. The van der Waals surface area contributed by atoms with Gasteiger partial charge in [-0.3, -0.25) is 0 Å². The largest absolute Gasteiger partial charge is 0.504 e. The van der Waals surface area contributed by atoms with E-state index in [4.69, 9.17) is 4.74 Å². The van der Waals surface area contributed by atoms with Crippen molar-refractivity contribution in [3.05, 3.63) is 29.8 Å². The summed E-state index contributed by atoms with van der Waals surface area (Å²) in [5.74, 6) is -0.776. The van der Waals surface area contributed by atoms with Crippen LogP contribution in [0.25, 0.3) is 6.08 Å². The highest BCUT2D eigenvalue weighted by atomic mass is 16.5. The molecule has 0 fully saturated rings. The van der Waals surface area contributed by atoms with E-state index in [2.05, 4.69) is 6.92 Å². The zero-order chi connectivity index (χ0) is 17.6. The highest BCUT2D eigenvalue weighted by molar-refractivity contribution is 5.87. The van der Waals surface area contributed by atoms with Gasteiger partial charge in [0.05, 0.1) is 6.61 Å². The van der Waals surface area contributed by atoms with Crippen molar-refractivity contribution in [2.45, 2.75) is 64.7 Å². The van der Waals surface area contributed by atoms with Crippen LogP contribution >= 0.6 is 0 Å². The van der Waals surface area contributed by atoms with Gasteiger partial charge in [-0.15, -0.1) is 0 Å². The molecule has 4 nitrogen and oxygen atoms in total. The van der Waals surface area contributed by atoms with E-state index in [-0.39, 0.29) is 17.5 Å². The number of phenols is 2. The third-order valence-electron chi connectivity index (χ3n) is 3.90. The number of benzene rings is 1. The molecule has 1 aromatic rings. The molecule has 4 heteroatoms. The van der Waals surface area contributed by atoms with Gasteiger partial charge in [-0.2, -0.15) is 0 Å². The molecule has 1 aromatic carbocycles. The Morgan fingerprint density at radius 1 is 0.958 bits per heavy atom. The molecule has 0 amide bonds. The van der Waals surface area contributed by atoms with E-state index in [0.29, 0.717) is 12.2 Å². The minimum atomic E-state index is -0.387. The summed E-state index contributed by atoms with van der Waals surface area (Å²) < 4.78 is 5.14. The number of phenolic OH excluding ortho intramolecular Hbond substituents is 2. The lowest BCUT2D eigenvalue weighted by Gasteiger charge is -2.03. The number of esters is 1. The van der Waals surface area contributed by atoms with E-state index in [1.54, 1.807) is 12.1 Å². The Morgan fingerprint density at radius 3 is 2.21 bits per heavy atom. The molecule has 0 aliphatic carbocycles. The normalized spacial score (nSPS) is 11.0. The molecule has 24 heavy (non-hydrogen) atoms. The molecule has 134 valence electrons. The smallest absolute Gasteiger partial charge is 0.330 e. The molecule has 0 radical (unpaired) electrons. The van der Waals surface area contributed by atoms with Crippen LogP contribution in [0.3, 0.4) is 0 Å². The van der Waals surface area contributed by atoms with Gasteiger partial charge in [-0.05, 0) is 30.2 Å². The summed E-state index contributed by atoms with van der Waals surface area (Å²) in [4.78, 5) is 11.6. The van der Waals surface area contributed by atoms with Crippen LogP contribution in [0.4, 0.5) is 0 Å². The second-order valence-electron chi connectivity index (χ2n) is 6.08. The van der Waals surface area contributed by atoms with Gasteiger partial charge in [-0.1, -0.05) is 64.4 Å². The van der Waals surface area contributed by atoms with E-state index in [1.165, 1.54) is 63.2 Å². The van der Waals surface area contributed by atoms with Crippen LogP contribution in [0.5, 0.6) is 11.5 Å². The molecule has 1 rings (SSSR count). The lowest BCUT2D eigenvalue weighted by atomic mass is 10.1. The zero-order valence-electron chi connectivity index (χ0n) is 14.7. The van der Waals surface area contributed by atoms with Crippen molar-refractivity contribution < 1.29 is 19.7 Å². The molecule has 0 heterocycles. The molecule has 0 aliphatic heterocycles. The molecule has 0 atom stereocenters. The van der Waals surface area contributed by atoms with E-state index < -0.39 is 0 Å². The fourth-order valence-corrected chi connectivity index (χ4v) is 2.44. The molecule has 0 spiro atoms. The Labute approximate surface area is 145 Å². The number of rotatable bonds is 12. The van der Waals surface area contributed by atoms with Crippen LogP contribution in [0.2, 0.25) is 0 Å². The number of carbonyl (C=O) groups excluding carboxylic acids is 1. The highest BCUT2D eigenvalue weighted by Gasteiger charge is 2.00.